The minimum atomic E-state index is -0.400. The quantitative estimate of drug-likeness (QED) is 0.639. The van der Waals surface area contributed by atoms with Crippen molar-refractivity contribution >= 4 is 34.2 Å². The molecule has 1 aromatic heterocycles. The second-order valence-electron chi connectivity index (χ2n) is 3.87. The number of hydrogen-bond donors (Lipinski definition) is 2. The summed E-state index contributed by atoms with van der Waals surface area (Å²) in [7, 11) is 1.34. The van der Waals surface area contributed by atoms with E-state index >= 15 is 0 Å². The molecule has 0 unspecified atom stereocenters. The monoisotopic (exact) mass is 374 g/mol. The molecule has 19 heavy (non-hydrogen) atoms. The lowest BCUT2D eigenvalue weighted by molar-refractivity contribution is 0.0594. The third kappa shape index (κ3) is 3.46. The Labute approximate surface area is 123 Å². The van der Waals surface area contributed by atoms with Crippen LogP contribution in [0.5, 0.6) is 0 Å². The third-order valence-electron chi connectivity index (χ3n) is 2.55. The molecule has 6 heteroatoms. The van der Waals surface area contributed by atoms with Crippen molar-refractivity contribution in [3.8, 4) is 0 Å². The van der Waals surface area contributed by atoms with Crippen LogP contribution in [0, 0.1) is 9.39 Å². The second-order valence-corrected chi connectivity index (χ2v) is 5.03. The minimum Gasteiger partial charge on any atom is -0.464 e. The van der Waals surface area contributed by atoms with Crippen LogP contribution in [0.4, 0.5) is 10.1 Å². The third-order valence-corrected chi connectivity index (χ3v) is 3.44. The van der Waals surface area contributed by atoms with E-state index in [1.165, 1.54) is 19.2 Å². The average Bonchev–Trinajstić information content (AvgIpc) is 2.85. The molecule has 1 heterocycles. The maximum absolute atomic E-state index is 13.0. The van der Waals surface area contributed by atoms with Gasteiger partial charge in [0.25, 0.3) is 0 Å². The van der Waals surface area contributed by atoms with Crippen LogP contribution in [0.1, 0.15) is 16.2 Å². The molecule has 0 aliphatic carbocycles. The molecule has 2 aromatic rings. The number of anilines is 1. The van der Waals surface area contributed by atoms with Gasteiger partial charge in [-0.05, 0) is 52.9 Å². The topological polar surface area (TPSA) is 54.1 Å². The zero-order valence-electron chi connectivity index (χ0n) is 10.2. The first-order valence-electron chi connectivity index (χ1n) is 5.55. The Kier molecular flexibility index (Phi) is 4.41. The molecular formula is C13H12FIN2O2. The zero-order chi connectivity index (χ0) is 13.8. The number of carbonyl (C=O) groups is 1. The molecule has 0 saturated heterocycles. The zero-order valence-corrected chi connectivity index (χ0v) is 12.3. The van der Waals surface area contributed by atoms with Gasteiger partial charge in [-0.25, -0.2) is 9.18 Å². The van der Waals surface area contributed by atoms with E-state index in [-0.39, 0.29) is 5.82 Å². The van der Waals surface area contributed by atoms with Gasteiger partial charge in [-0.15, -0.1) is 0 Å². The van der Waals surface area contributed by atoms with Crippen molar-refractivity contribution in [2.75, 3.05) is 12.4 Å². The maximum Gasteiger partial charge on any atom is 0.354 e. The lowest BCUT2D eigenvalue weighted by Gasteiger charge is -2.07. The highest BCUT2D eigenvalue weighted by atomic mass is 127. The molecule has 0 aliphatic heterocycles. The molecule has 2 rings (SSSR count). The number of halogens is 2. The molecule has 0 bridgehead atoms. The first-order valence-corrected chi connectivity index (χ1v) is 6.63. The van der Waals surface area contributed by atoms with Gasteiger partial charge in [0, 0.05) is 15.0 Å². The van der Waals surface area contributed by atoms with Crippen molar-refractivity contribution in [3.05, 3.63) is 51.1 Å². The smallest absolute Gasteiger partial charge is 0.354 e. The Bertz CT molecular complexity index is 598. The Balaban J connectivity index is 2.02. The van der Waals surface area contributed by atoms with Crippen LogP contribution >= 0.6 is 22.6 Å². The normalized spacial score (nSPS) is 10.3. The highest BCUT2D eigenvalue weighted by Gasteiger charge is 2.08. The molecule has 0 saturated carbocycles. The predicted octanol–water partition coefficient (Wildman–Crippen LogP) is 3.16. The van der Waals surface area contributed by atoms with Gasteiger partial charge in [-0.1, -0.05) is 0 Å². The van der Waals surface area contributed by atoms with Gasteiger partial charge in [0.2, 0.25) is 0 Å². The predicted molar refractivity (Wildman–Crippen MR) is 78.6 cm³/mol. The van der Waals surface area contributed by atoms with Gasteiger partial charge < -0.3 is 15.0 Å². The van der Waals surface area contributed by atoms with Crippen molar-refractivity contribution < 1.29 is 13.9 Å². The lowest BCUT2D eigenvalue weighted by atomic mass is 10.3. The van der Waals surface area contributed by atoms with E-state index in [0.29, 0.717) is 12.2 Å². The molecular weight excluding hydrogens is 362 g/mol. The molecule has 4 nitrogen and oxygen atoms in total. The lowest BCUT2D eigenvalue weighted by Crippen LogP contribution is -2.04. The standard InChI is InChI=1S/C13H12FIN2O2/c1-19-13(18)12-5-3-9(17-12)7-16-11-4-2-8(14)6-10(11)15/h2-6,16-17H,7H2,1H3. The van der Waals surface area contributed by atoms with Crippen molar-refractivity contribution in [1.82, 2.24) is 4.98 Å². The number of methoxy groups -OCH3 is 1. The maximum atomic E-state index is 13.0. The number of H-pyrrole nitrogens is 1. The number of rotatable bonds is 4. The van der Waals surface area contributed by atoms with E-state index in [4.69, 9.17) is 0 Å². The molecule has 0 atom stereocenters. The summed E-state index contributed by atoms with van der Waals surface area (Å²) >= 11 is 2.06. The summed E-state index contributed by atoms with van der Waals surface area (Å²) in [4.78, 5) is 14.2. The molecule has 0 aliphatic rings. The average molecular weight is 374 g/mol. The Morgan fingerprint density at radius 3 is 2.89 bits per heavy atom. The van der Waals surface area contributed by atoms with Crippen molar-refractivity contribution in [3.63, 3.8) is 0 Å². The van der Waals surface area contributed by atoms with Crippen LogP contribution < -0.4 is 5.32 Å². The van der Waals surface area contributed by atoms with Crippen molar-refractivity contribution in [2.24, 2.45) is 0 Å². The van der Waals surface area contributed by atoms with E-state index in [0.717, 1.165) is 15.0 Å². The summed E-state index contributed by atoms with van der Waals surface area (Å²) in [5.74, 6) is -0.662. The van der Waals surface area contributed by atoms with Crippen molar-refractivity contribution in [2.45, 2.75) is 6.54 Å². The van der Waals surface area contributed by atoms with Gasteiger partial charge in [-0.2, -0.15) is 0 Å². The Morgan fingerprint density at radius 1 is 1.42 bits per heavy atom. The molecule has 2 N–H and O–H groups in total. The van der Waals surface area contributed by atoms with Crippen LogP contribution in [0.15, 0.2) is 30.3 Å². The fourth-order valence-corrected chi connectivity index (χ4v) is 2.26. The molecule has 0 fully saturated rings. The molecule has 0 amide bonds. The van der Waals surface area contributed by atoms with Crippen molar-refractivity contribution in [1.29, 1.82) is 0 Å². The summed E-state index contributed by atoms with van der Waals surface area (Å²) in [5, 5.41) is 3.17. The minimum absolute atomic E-state index is 0.261. The number of hydrogen-bond acceptors (Lipinski definition) is 3. The number of esters is 1. The summed E-state index contributed by atoms with van der Waals surface area (Å²) < 4.78 is 18.4. The highest BCUT2D eigenvalue weighted by Crippen LogP contribution is 2.19. The summed E-state index contributed by atoms with van der Waals surface area (Å²) in [5.41, 5.74) is 2.10. The van der Waals surface area contributed by atoms with E-state index in [1.807, 2.05) is 0 Å². The summed E-state index contributed by atoms with van der Waals surface area (Å²) in [6.45, 7) is 0.513. The second kappa shape index (κ2) is 6.05. The van der Waals surface area contributed by atoms with Gasteiger partial charge in [0.05, 0.1) is 13.7 Å². The van der Waals surface area contributed by atoms with Gasteiger partial charge in [-0.3, -0.25) is 0 Å². The fourth-order valence-electron chi connectivity index (χ4n) is 1.60. The first-order chi connectivity index (χ1) is 9.10. The number of ether oxygens (including phenoxy) is 1. The largest absolute Gasteiger partial charge is 0.464 e. The van der Waals surface area contributed by atoms with Crippen LogP contribution in [-0.4, -0.2) is 18.1 Å². The van der Waals surface area contributed by atoms with E-state index in [9.17, 15) is 9.18 Å². The molecule has 1 aromatic carbocycles. The molecule has 0 spiro atoms. The highest BCUT2D eigenvalue weighted by molar-refractivity contribution is 14.1. The molecule has 0 radical (unpaired) electrons. The van der Waals surface area contributed by atoms with Gasteiger partial charge in [0.1, 0.15) is 11.5 Å². The van der Waals surface area contributed by atoms with Crippen LogP contribution in [0.25, 0.3) is 0 Å². The van der Waals surface area contributed by atoms with Crippen LogP contribution in [0.2, 0.25) is 0 Å². The van der Waals surface area contributed by atoms with Crippen LogP contribution in [-0.2, 0) is 11.3 Å². The molecule has 100 valence electrons. The van der Waals surface area contributed by atoms with E-state index in [2.05, 4.69) is 37.6 Å². The Hall–Kier alpha value is -1.57. The van der Waals surface area contributed by atoms with E-state index in [1.54, 1.807) is 18.2 Å². The number of carbonyl (C=O) groups excluding carboxylic acids is 1. The number of benzene rings is 1. The van der Waals surface area contributed by atoms with E-state index < -0.39 is 5.97 Å². The number of aromatic nitrogens is 1. The number of aromatic amines is 1. The van der Waals surface area contributed by atoms with Gasteiger partial charge in [0.15, 0.2) is 0 Å². The first kappa shape index (κ1) is 13.9. The summed E-state index contributed by atoms with van der Waals surface area (Å²) in [6, 6.07) is 8.01. The number of nitrogens with one attached hydrogen (secondary N) is 2. The SMILES string of the molecule is COC(=O)c1ccc(CNc2ccc(F)cc2I)[nH]1. The Morgan fingerprint density at radius 2 is 2.21 bits per heavy atom. The summed E-state index contributed by atoms with van der Waals surface area (Å²) in [6.07, 6.45) is 0. The fraction of sp³-hybridized carbons (Fsp3) is 0.154. The van der Waals surface area contributed by atoms with Crippen LogP contribution in [0.3, 0.4) is 0 Å². The van der Waals surface area contributed by atoms with Gasteiger partial charge >= 0.3 is 5.97 Å².